The van der Waals surface area contributed by atoms with Crippen LogP contribution in [0.25, 0.3) is 5.69 Å². The van der Waals surface area contributed by atoms with Crippen molar-refractivity contribution >= 4 is 5.91 Å². The molecule has 1 aromatic heterocycles. The number of carbonyl (C=O) groups is 1. The fourth-order valence-corrected chi connectivity index (χ4v) is 3.06. The monoisotopic (exact) mass is 312 g/mol. The number of likely N-dealkylation sites (tertiary alicyclic amines) is 1. The highest BCUT2D eigenvalue weighted by Crippen LogP contribution is 2.15. The third-order valence-electron chi connectivity index (χ3n) is 4.47. The Morgan fingerprint density at radius 3 is 2.87 bits per heavy atom. The van der Waals surface area contributed by atoms with Gasteiger partial charge in [0.25, 0.3) is 5.91 Å². The van der Waals surface area contributed by atoms with Crippen LogP contribution in [0, 0.1) is 0 Å². The summed E-state index contributed by atoms with van der Waals surface area (Å²) in [5.41, 5.74) is 1.41. The lowest BCUT2D eigenvalue weighted by molar-refractivity contribution is 0.0933. The van der Waals surface area contributed by atoms with Gasteiger partial charge in [-0.05, 0) is 44.5 Å². The molecule has 1 atom stereocenters. The van der Waals surface area contributed by atoms with Crippen molar-refractivity contribution in [3.8, 4) is 5.69 Å². The summed E-state index contributed by atoms with van der Waals surface area (Å²) in [6.45, 7) is 4.98. The van der Waals surface area contributed by atoms with Gasteiger partial charge in [0.2, 0.25) is 0 Å². The van der Waals surface area contributed by atoms with Crippen molar-refractivity contribution in [3.63, 3.8) is 0 Å². The van der Waals surface area contributed by atoms with Crippen LogP contribution in [0.2, 0.25) is 0 Å². The molecular formula is C18H24N4O. The molecule has 0 radical (unpaired) electrons. The highest BCUT2D eigenvalue weighted by atomic mass is 16.1. The predicted octanol–water partition coefficient (Wildman–Crippen LogP) is 2.48. The number of carbonyl (C=O) groups excluding carboxylic acids is 1. The maximum atomic E-state index is 12.2. The number of para-hydroxylation sites is 1. The van der Waals surface area contributed by atoms with Gasteiger partial charge in [-0.1, -0.05) is 24.6 Å². The van der Waals surface area contributed by atoms with Gasteiger partial charge < -0.3 is 5.32 Å². The highest BCUT2D eigenvalue weighted by Gasteiger charge is 2.18. The lowest BCUT2D eigenvalue weighted by Crippen LogP contribution is -2.42. The molecule has 0 aliphatic carbocycles. The second kappa shape index (κ2) is 7.42. The minimum atomic E-state index is -0.107. The van der Waals surface area contributed by atoms with Gasteiger partial charge in [0.1, 0.15) is 0 Å². The number of hydrogen-bond donors (Lipinski definition) is 1. The van der Waals surface area contributed by atoms with Crippen LogP contribution < -0.4 is 5.32 Å². The molecule has 2 heterocycles. The van der Waals surface area contributed by atoms with Gasteiger partial charge in [0.15, 0.2) is 5.69 Å². The van der Waals surface area contributed by atoms with E-state index in [1.54, 1.807) is 10.7 Å². The molecule has 2 aromatic rings. The summed E-state index contributed by atoms with van der Waals surface area (Å²) in [5, 5.41) is 7.33. The van der Waals surface area contributed by atoms with Crippen molar-refractivity contribution in [3.05, 3.63) is 48.3 Å². The number of amides is 1. The van der Waals surface area contributed by atoms with Crippen molar-refractivity contribution in [2.75, 3.05) is 19.6 Å². The van der Waals surface area contributed by atoms with Gasteiger partial charge in [-0.2, -0.15) is 5.10 Å². The molecule has 5 nitrogen and oxygen atoms in total. The first kappa shape index (κ1) is 15.7. The van der Waals surface area contributed by atoms with Crippen molar-refractivity contribution in [2.45, 2.75) is 32.2 Å². The molecule has 3 rings (SSSR count). The lowest BCUT2D eigenvalue weighted by atomic mass is 10.0. The van der Waals surface area contributed by atoms with Crippen LogP contribution in [0.1, 0.15) is 36.7 Å². The van der Waals surface area contributed by atoms with Crippen LogP contribution in [0.3, 0.4) is 0 Å². The molecule has 1 fully saturated rings. The zero-order valence-corrected chi connectivity index (χ0v) is 13.6. The predicted molar refractivity (Wildman–Crippen MR) is 90.8 cm³/mol. The summed E-state index contributed by atoms with van der Waals surface area (Å²) in [7, 11) is 0. The van der Waals surface area contributed by atoms with E-state index in [0.717, 1.165) is 18.8 Å². The van der Waals surface area contributed by atoms with E-state index in [1.807, 2.05) is 36.5 Å². The fourth-order valence-electron chi connectivity index (χ4n) is 3.06. The molecule has 0 bridgehead atoms. The van der Waals surface area contributed by atoms with E-state index in [4.69, 9.17) is 0 Å². The third-order valence-corrected chi connectivity index (χ3v) is 4.47. The Morgan fingerprint density at radius 2 is 2.09 bits per heavy atom. The zero-order chi connectivity index (χ0) is 16.1. The number of nitrogens with one attached hydrogen (secondary N) is 1. The standard InChI is InChI=1S/C18H24N4O/c1-15-7-5-6-12-21(15)14-11-19-18(23)17-10-13-22(20-17)16-8-3-2-4-9-16/h2-4,8-10,13,15H,5-7,11-12,14H2,1H3,(H,19,23)/t15-/m0/s1. The Labute approximate surface area is 137 Å². The summed E-state index contributed by atoms with van der Waals surface area (Å²) >= 11 is 0. The normalized spacial score (nSPS) is 18.7. The van der Waals surface area contributed by atoms with Crippen LogP contribution >= 0.6 is 0 Å². The molecule has 23 heavy (non-hydrogen) atoms. The minimum Gasteiger partial charge on any atom is -0.349 e. The van der Waals surface area contributed by atoms with Crippen molar-refractivity contribution in [1.29, 1.82) is 0 Å². The maximum Gasteiger partial charge on any atom is 0.271 e. The topological polar surface area (TPSA) is 50.2 Å². The Kier molecular flexibility index (Phi) is 5.08. The molecule has 1 aliphatic rings. The third kappa shape index (κ3) is 3.99. The summed E-state index contributed by atoms with van der Waals surface area (Å²) in [5.74, 6) is -0.107. The molecule has 0 spiro atoms. The van der Waals surface area contributed by atoms with Gasteiger partial charge in [0.05, 0.1) is 5.69 Å². The SMILES string of the molecule is C[C@H]1CCCCN1CCNC(=O)c1ccn(-c2ccccc2)n1. The van der Waals surface area contributed by atoms with Crippen molar-refractivity contribution in [1.82, 2.24) is 20.0 Å². The molecule has 0 unspecified atom stereocenters. The van der Waals surface area contributed by atoms with Gasteiger partial charge >= 0.3 is 0 Å². The molecule has 1 N–H and O–H groups in total. The van der Waals surface area contributed by atoms with E-state index in [0.29, 0.717) is 18.3 Å². The van der Waals surface area contributed by atoms with Crippen LogP contribution in [-0.4, -0.2) is 46.3 Å². The van der Waals surface area contributed by atoms with Crippen molar-refractivity contribution < 1.29 is 4.79 Å². The first-order chi connectivity index (χ1) is 11.2. The van der Waals surface area contributed by atoms with Crippen LogP contribution in [0.4, 0.5) is 0 Å². The lowest BCUT2D eigenvalue weighted by Gasteiger charge is -2.33. The van der Waals surface area contributed by atoms with Gasteiger partial charge in [0, 0.05) is 25.3 Å². The van der Waals surface area contributed by atoms with E-state index in [9.17, 15) is 4.79 Å². The van der Waals surface area contributed by atoms with Crippen molar-refractivity contribution in [2.24, 2.45) is 0 Å². The highest BCUT2D eigenvalue weighted by molar-refractivity contribution is 5.92. The molecule has 1 aliphatic heterocycles. The van der Waals surface area contributed by atoms with Gasteiger partial charge in [-0.3, -0.25) is 9.69 Å². The second-order valence-electron chi connectivity index (χ2n) is 6.12. The molecule has 1 amide bonds. The van der Waals surface area contributed by atoms with Crippen LogP contribution in [0.15, 0.2) is 42.6 Å². The number of nitrogens with zero attached hydrogens (tertiary/aromatic N) is 3. The fraction of sp³-hybridized carbons (Fsp3) is 0.444. The molecule has 1 saturated heterocycles. The zero-order valence-electron chi connectivity index (χ0n) is 13.6. The molecule has 1 aromatic carbocycles. The first-order valence-corrected chi connectivity index (χ1v) is 8.37. The number of rotatable bonds is 5. The Hall–Kier alpha value is -2.14. The van der Waals surface area contributed by atoms with Gasteiger partial charge in [-0.25, -0.2) is 4.68 Å². The average Bonchev–Trinajstić information content (AvgIpc) is 3.07. The number of piperidine rings is 1. The Morgan fingerprint density at radius 1 is 1.26 bits per heavy atom. The summed E-state index contributed by atoms with van der Waals surface area (Å²) in [6, 6.07) is 12.2. The quantitative estimate of drug-likeness (QED) is 0.923. The van der Waals surface area contributed by atoms with Gasteiger partial charge in [-0.15, -0.1) is 0 Å². The Bertz CT molecular complexity index is 637. The smallest absolute Gasteiger partial charge is 0.271 e. The molecule has 122 valence electrons. The van der Waals surface area contributed by atoms with E-state index < -0.39 is 0 Å². The first-order valence-electron chi connectivity index (χ1n) is 8.37. The number of benzene rings is 1. The minimum absolute atomic E-state index is 0.107. The molecular weight excluding hydrogens is 288 g/mol. The summed E-state index contributed by atoms with van der Waals surface area (Å²) < 4.78 is 1.72. The second-order valence-corrected chi connectivity index (χ2v) is 6.12. The van der Waals surface area contributed by atoms with Crippen LogP contribution in [-0.2, 0) is 0 Å². The van der Waals surface area contributed by atoms with E-state index in [-0.39, 0.29) is 5.91 Å². The maximum absolute atomic E-state index is 12.2. The van der Waals surface area contributed by atoms with E-state index in [1.165, 1.54) is 19.3 Å². The Balaban J connectivity index is 1.52. The molecule has 5 heteroatoms. The summed E-state index contributed by atoms with van der Waals surface area (Å²) in [6.07, 6.45) is 5.66. The largest absolute Gasteiger partial charge is 0.349 e. The number of aromatic nitrogens is 2. The van der Waals surface area contributed by atoms with E-state index >= 15 is 0 Å². The van der Waals surface area contributed by atoms with Crippen LogP contribution in [0.5, 0.6) is 0 Å². The number of hydrogen-bond acceptors (Lipinski definition) is 3. The molecule has 0 saturated carbocycles. The average molecular weight is 312 g/mol. The van der Waals surface area contributed by atoms with E-state index in [2.05, 4.69) is 22.2 Å². The summed E-state index contributed by atoms with van der Waals surface area (Å²) in [4.78, 5) is 14.7.